The summed E-state index contributed by atoms with van der Waals surface area (Å²) in [6.07, 6.45) is 3.09. The summed E-state index contributed by atoms with van der Waals surface area (Å²) in [6, 6.07) is 1.80. The summed E-state index contributed by atoms with van der Waals surface area (Å²) < 4.78 is 4.96. The average molecular weight is 268 g/mol. The van der Waals surface area contributed by atoms with Gasteiger partial charge in [-0.15, -0.1) is 0 Å². The number of carboxylic acid groups (broad SMARTS) is 1. The number of anilines is 2. The van der Waals surface area contributed by atoms with Crippen LogP contribution in [0.15, 0.2) is 12.4 Å². The average Bonchev–Trinajstić information content (AvgIpc) is 2.40. The lowest BCUT2D eigenvalue weighted by molar-refractivity contribution is -0.137. The fourth-order valence-electron chi connectivity index (χ4n) is 1.44. The van der Waals surface area contributed by atoms with E-state index in [9.17, 15) is 4.79 Å². The number of ether oxygens (including phenoxy) is 1. The molecule has 1 aromatic heterocycles. The quantitative estimate of drug-likeness (QED) is 0.549. The third-order valence-electron chi connectivity index (χ3n) is 2.37. The maximum atomic E-state index is 10.4. The molecule has 7 nitrogen and oxygen atoms in total. The van der Waals surface area contributed by atoms with Gasteiger partial charge in [-0.2, -0.15) is 0 Å². The van der Waals surface area contributed by atoms with E-state index in [2.05, 4.69) is 20.6 Å². The maximum absolute atomic E-state index is 10.4. The first kappa shape index (κ1) is 15.2. The van der Waals surface area contributed by atoms with Gasteiger partial charge < -0.3 is 20.5 Å². The van der Waals surface area contributed by atoms with Crippen molar-refractivity contribution in [2.75, 3.05) is 37.4 Å². The molecule has 1 heterocycles. The van der Waals surface area contributed by atoms with E-state index in [4.69, 9.17) is 9.84 Å². The number of hydrogen-bond donors (Lipinski definition) is 3. The van der Waals surface area contributed by atoms with Crippen LogP contribution in [0.4, 0.5) is 11.6 Å². The number of nitrogens with one attached hydrogen (secondary N) is 2. The first-order chi connectivity index (χ1) is 9.22. The van der Waals surface area contributed by atoms with E-state index in [-0.39, 0.29) is 6.42 Å². The van der Waals surface area contributed by atoms with E-state index in [1.165, 1.54) is 6.33 Å². The molecule has 0 radical (unpaired) electrons. The highest BCUT2D eigenvalue weighted by atomic mass is 16.5. The SMILES string of the molecule is COCCCNc1cc(NCCCC(=O)O)ncn1. The molecule has 0 saturated carbocycles. The number of carboxylic acids is 1. The Bertz CT molecular complexity index is 387. The number of hydrogen-bond acceptors (Lipinski definition) is 6. The first-order valence-electron chi connectivity index (χ1n) is 6.23. The maximum Gasteiger partial charge on any atom is 0.303 e. The highest BCUT2D eigenvalue weighted by Crippen LogP contribution is 2.08. The minimum absolute atomic E-state index is 0.153. The van der Waals surface area contributed by atoms with Crippen LogP contribution in [-0.2, 0) is 9.53 Å². The number of carbonyl (C=O) groups is 1. The van der Waals surface area contributed by atoms with Crippen molar-refractivity contribution in [2.45, 2.75) is 19.3 Å². The molecule has 0 amide bonds. The Labute approximate surface area is 112 Å². The lowest BCUT2D eigenvalue weighted by atomic mass is 10.3. The number of rotatable bonds is 10. The number of nitrogens with zero attached hydrogens (tertiary/aromatic N) is 2. The molecule has 0 atom stereocenters. The van der Waals surface area contributed by atoms with Crippen LogP contribution in [-0.4, -0.2) is 47.8 Å². The molecule has 0 spiro atoms. The second-order valence-electron chi connectivity index (χ2n) is 3.99. The van der Waals surface area contributed by atoms with Crippen molar-refractivity contribution in [1.82, 2.24) is 9.97 Å². The zero-order valence-electron chi connectivity index (χ0n) is 11.1. The molecule has 0 aliphatic heterocycles. The molecule has 19 heavy (non-hydrogen) atoms. The minimum Gasteiger partial charge on any atom is -0.481 e. The highest BCUT2D eigenvalue weighted by Gasteiger charge is 1.99. The molecule has 7 heteroatoms. The largest absolute Gasteiger partial charge is 0.481 e. The monoisotopic (exact) mass is 268 g/mol. The third-order valence-corrected chi connectivity index (χ3v) is 2.37. The number of aromatic nitrogens is 2. The van der Waals surface area contributed by atoms with Gasteiger partial charge in [0.25, 0.3) is 0 Å². The second-order valence-corrected chi connectivity index (χ2v) is 3.99. The third kappa shape index (κ3) is 7.20. The Hall–Kier alpha value is -1.89. The van der Waals surface area contributed by atoms with Crippen LogP contribution in [0.1, 0.15) is 19.3 Å². The molecule has 1 aromatic rings. The summed E-state index contributed by atoms with van der Waals surface area (Å²) in [6.45, 7) is 2.06. The molecule has 0 aliphatic rings. The zero-order chi connectivity index (χ0) is 13.9. The van der Waals surface area contributed by atoms with Crippen molar-refractivity contribution >= 4 is 17.6 Å². The van der Waals surface area contributed by atoms with E-state index < -0.39 is 5.97 Å². The van der Waals surface area contributed by atoms with Gasteiger partial charge in [-0.1, -0.05) is 0 Å². The lowest BCUT2D eigenvalue weighted by Crippen LogP contribution is -2.09. The summed E-state index contributed by atoms with van der Waals surface area (Å²) in [7, 11) is 1.67. The number of aliphatic carboxylic acids is 1. The van der Waals surface area contributed by atoms with E-state index in [1.807, 2.05) is 0 Å². The molecule has 0 fully saturated rings. The molecular formula is C12H20N4O3. The van der Waals surface area contributed by atoms with E-state index in [0.29, 0.717) is 25.4 Å². The van der Waals surface area contributed by atoms with Gasteiger partial charge in [-0.25, -0.2) is 9.97 Å². The molecular weight excluding hydrogens is 248 g/mol. The molecule has 3 N–H and O–H groups in total. The summed E-state index contributed by atoms with van der Waals surface area (Å²) in [5, 5.41) is 14.7. The van der Waals surface area contributed by atoms with Crippen LogP contribution in [0.2, 0.25) is 0 Å². The van der Waals surface area contributed by atoms with Gasteiger partial charge in [0.1, 0.15) is 18.0 Å². The Morgan fingerprint density at radius 1 is 1.26 bits per heavy atom. The van der Waals surface area contributed by atoms with Crippen molar-refractivity contribution in [2.24, 2.45) is 0 Å². The van der Waals surface area contributed by atoms with Gasteiger partial charge in [0.05, 0.1) is 0 Å². The Kier molecular flexibility index (Phi) is 7.26. The van der Waals surface area contributed by atoms with E-state index in [0.717, 1.165) is 18.8 Å². The molecule has 0 saturated heterocycles. The van der Waals surface area contributed by atoms with E-state index >= 15 is 0 Å². The van der Waals surface area contributed by atoms with Gasteiger partial charge >= 0.3 is 5.97 Å². The fraction of sp³-hybridized carbons (Fsp3) is 0.583. The molecule has 106 valence electrons. The molecule has 0 aromatic carbocycles. The molecule has 0 unspecified atom stereocenters. The van der Waals surface area contributed by atoms with Crippen LogP contribution in [0.25, 0.3) is 0 Å². The normalized spacial score (nSPS) is 10.2. The number of methoxy groups -OCH3 is 1. The highest BCUT2D eigenvalue weighted by molar-refractivity contribution is 5.66. The molecule has 1 rings (SSSR count). The summed E-state index contributed by atoms with van der Waals surface area (Å²) in [5.41, 5.74) is 0. The summed E-state index contributed by atoms with van der Waals surface area (Å²) >= 11 is 0. The fourth-order valence-corrected chi connectivity index (χ4v) is 1.44. The topological polar surface area (TPSA) is 96.4 Å². The van der Waals surface area contributed by atoms with Crippen molar-refractivity contribution < 1.29 is 14.6 Å². The zero-order valence-corrected chi connectivity index (χ0v) is 11.1. The predicted molar refractivity (Wildman–Crippen MR) is 72.4 cm³/mol. The van der Waals surface area contributed by atoms with Crippen molar-refractivity contribution in [3.63, 3.8) is 0 Å². The van der Waals surface area contributed by atoms with Gasteiger partial charge in [-0.05, 0) is 12.8 Å². The predicted octanol–water partition coefficient (Wildman–Crippen LogP) is 1.20. The summed E-state index contributed by atoms with van der Waals surface area (Å²) in [5.74, 6) is 0.645. The first-order valence-corrected chi connectivity index (χ1v) is 6.23. The Morgan fingerprint density at radius 3 is 2.47 bits per heavy atom. The molecule has 0 aliphatic carbocycles. The van der Waals surface area contributed by atoms with Crippen molar-refractivity contribution in [3.05, 3.63) is 12.4 Å². The Balaban J connectivity index is 2.28. The van der Waals surface area contributed by atoms with Gasteiger partial charge in [0.15, 0.2) is 0 Å². The van der Waals surface area contributed by atoms with Gasteiger partial charge in [-0.3, -0.25) is 4.79 Å². The van der Waals surface area contributed by atoms with Gasteiger partial charge in [0, 0.05) is 39.3 Å². The Morgan fingerprint density at radius 2 is 1.89 bits per heavy atom. The smallest absolute Gasteiger partial charge is 0.303 e. The van der Waals surface area contributed by atoms with Crippen LogP contribution in [0.3, 0.4) is 0 Å². The lowest BCUT2D eigenvalue weighted by Gasteiger charge is -2.08. The van der Waals surface area contributed by atoms with Crippen LogP contribution >= 0.6 is 0 Å². The summed E-state index contributed by atoms with van der Waals surface area (Å²) in [4.78, 5) is 18.5. The van der Waals surface area contributed by atoms with Crippen LogP contribution in [0.5, 0.6) is 0 Å². The minimum atomic E-state index is -0.787. The van der Waals surface area contributed by atoms with Crippen molar-refractivity contribution in [3.8, 4) is 0 Å². The van der Waals surface area contributed by atoms with E-state index in [1.54, 1.807) is 13.2 Å². The van der Waals surface area contributed by atoms with Gasteiger partial charge in [0.2, 0.25) is 0 Å². The van der Waals surface area contributed by atoms with Crippen LogP contribution < -0.4 is 10.6 Å². The van der Waals surface area contributed by atoms with Crippen LogP contribution in [0, 0.1) is 0 Å². The standard InChI is InChI=1S/C12H20N4O3/c1-19-7-3-6-14-11-8-10(15-9-16-11)13-5-2-4-12(17)18/h8-9H,2-7H2,1H3,(H,17,18)(H2,13,14,15,16). The second kappa shape index (κ2) is 9.09. The molecule has 0 bridgehead atoms. The van der Waals surface area contributed by atoms with Crippen molar-refractivity contribution in [1.29, 1.82) is 0 Å².